The third-order valence-electron chi connectivity index (χ3n) is 8.09. The zero-order chi connectivity index (χ0) is 33.2. The summed E-state index contributed by atoms with van der Waals surface area (Å²) in [5.74, 6) is -2.65. The lowest BCUT2D eigenvalue weighted by Gasteiger charge is -2.31. The Hall–Kier alpha value is -4.53. The number of fused-ring (bicyclic) bond motifs is 2. The van der Waals surface area contributed by atoms with E-state index >= 15 is 0 Å². The Balaban J connectivity index is 1.38. The smallest absolute Gasteiger partial charge is 0.424 e. The second-order valence-corrected chi connectivity index (χ2v) is 11.9. The molecule has 0 spiro atoms. The van der Waals surface area contributed by atoms with E-state index in [4.69, 9.17) is 9.47 Å². The second-order valence-electron chi connectivity index (χ2n) is 11.9. The van der Waals surface area contributed by atoms with E-state index in [0.717, 1.165) is 37.1 Å². The van der Waals surface area contributed by atoms with Gasteiger partial charge in [0.15, 0.2) is 11.6 Å². The van der Waals surface area contributed by atoms with Gasteiger partial charge in [0, 0.05) is 33.7 Å². The topological polar surface area (TPSA) is 108 Å². The van der Waals surface area contributed by atoms with Gasteiger partial charge in [-0.15, -0.1) is 0 Å². The highest BCUT2D eigenvalue weighted by Gasteiger charge is 2.57. The number of benzene rings is 2. The Bertz CT molecular complexity index is 1840. The van der Waals surface area contributed by atoms with Crippen molar-refractivity contribution in [3.63, 3.8) is 0 Å². The fraction of sp³-hybridized carbons (Fsp3) is 0.387. The number of amides is 1. The van der Waals surface area contributed by atoms with Gasteiger partial charge in [0.1, 0.15) is 22.7 Å². The summed E-state index contributed by atoms with van der Waals surface area (Å²) in [6.07, 6.45) is -1.73. The Morgan fingerprint density at radius 1 is 1.17 bits per heavy atom. The number of methoxy groups -OCH3 is 1. The predicted molar refractivity (Wildman–Crippen MR) is 152 cm³/mol. The predicted octanol–water partition coefficient (Wildman–Crippen LogP) is 6.03. The van der Waals surface area contributed by atoms with E-state index in [-0.39, 0.29) is 46.5 Å². The van der Waals surface area contributed by atoms with E-state index in [1.165, 1.54) is 19.2 Å². The average molecular weight is 651 g/mol. The Kier molecular flexibility index (Phi) is 7.57. The summed E-state index contributed by atoms with van der Waals surface area (Å²) in [7, 11) is 1.38. The molecule has 1 atom stereocenters. The number of nitrogens with one attached hydrogen (secondary N) is 1. The van der Waals surface area contributed by atoms with Crippen LogP contribution in [0.5, 0.6) is 17.2 Å². The van der Waals surface area contributed by atoms with Crippen molar-refractivity contribution >= 4 is 16.8 Å². The number of hydrogen-bond donors (Lipinski definition) is 2. The Morgan fingerprint density at radius 3 is 2.57 bits per heavy atom. The zero-order valence-electron chi connectivity index (χ0n) is 24.7. The van der Waals surface area contributed by atoms with E-state index < -0.39 is 53.5 Å². The molecule has 1 aliphatic heterocycles. The first-order valence-corrected chi connectivity index (χ1v) is 14.2. The van der Waals surface area contributed by atoms with Gasteiger partial charge in [0.05, 0.1) is 32.0 Å². The Morgan fingerprint density at radius 2 is 1.91 bits per heavy atom. The molecule has 4 aromatic rings. The number of halogens is 6. The molecule has 6 rings (SSSR count). The monoisotopic (exact) mass is 650 g/mol. The number of nitrogens with zero attached hydrogens (tertiary/aromatic N) is 3. The van der Waals surface area contributed by atoms with Gasteiger partial charge in [-0.3, -0.25) is 9.48 Å². The first-order valence-electron chi connectivity index (χ1n) is 14.2. The number of carbonyl (C=O) groups is 1. The molecule has 1 unspecified atom stereocenters. The molecule has 9 nitrogen and oxygen atoms in total. The van der Waals surface area contributed by atoms with Gasteiger partial charge in [-0.1, -0.05) is 13.8 Å². The quantitative estimate of drug-likeness (QED) is 0.213. The maximum atomic E-state index is 14.7. The molecule has 0 radical (unpaired) electrons. The van der Waals surface area contributed by atoms with E-state index in [0.29, 0.717) is 10.9 Å². The summed E-state index contributed by atoms with van der Waals surface area (Å²) >= 11 is 0. The van der Waals surface area contributed by atoms with Crippen LogP contribution in [0.15, 0.2) is 42.6 Å². The number of aliphatic hydroxyl groups is 1. The largest absolute Gasteiger partial charge is 0.494 e. The zero-order valence-corrected chi connectivity index (χ0v) is 24.7. The highest BCUT2D eigenvalue weighted by molar-refractivity contribution is 6.00. The molecule has 0 saturated heterocycles. The Labute approximate surface area is 258 Å². The summed E-state index contributed by atoms with van der Waals surface area (Å²) in [4.78, 5) is 17.3. The molecule has 46 heavy (non-hydrogen) atoms. The molecule has 1 aliphatic carbocycles. The highest BCUT2D eigenvalue weighted by Crippen LogP contribution is 2.48. The number of aromatic nitrogens is 3. The first-order chi connectivity index (χ1) is 21.6. The highest BCUT2D eigenvalue weighted by atomic mass is 19.4. The normalized spacial score (nSPS) is 17.0. The van der Waals surface area contributed by atoms with Crippen molar-refractivity contribution in [2.75, 3.05) is 20.3 Å². The van der Waals surface area contributed by atoms with Crippen LogP contribution in [0.2, 0.25) is 0 Å². The van der Waals surface area contributed by atoms with E-state index in [2.05, 4.69) is 20.1 Å². The lowest BCUT2D eigenvalue weighted by atomic mass is 9.84. The molecule has 3 heterocycles. The van der Waals surface area contributed by atoms with Crippen molar-refractivity contribution in [3.8, 4) is 28.5 Å². The molecule has 1 saturated carbocycles. The SMILES string of the molecule is COc1cc(C(=O)NCC(O)(c2cc3c(c(-c4ccc(F)c(OC(F)F)c4)n2)OCC3(C)C)C(F)(F)F)cc2cn(C3CC3)nc12. The standard InChI is InChI=1S/C31H28F6N4O5/c1-29(2)14-45-26-19(29)11-23(39-25(26)15-4-7-20(32)21(9-15)46-28(33)34)30(43,31(35,36)37)13-38-27(42)16-8-17-12-41(18-5-6-18)40-24(17)22(10-16)44-3/h4,7-12,18,28,43H,5-6,13-14H2,1-3H3,(H,38,42). The summed E-state index contributed by atoms with van der Waals surface area (Å²) in [6.45, 7) is -1.33. The first kappa shape index (κ1) is 31.5. The molecule has 2 aromatic carbocycles. The van der Waals surface area contributed by atoms with Crippen LogP contribution in [0.4, 0.5) is 26.3 Å². The van der Waals surface area contributed by atoms with Gasteiger partial charge in [0.2, 0.25) is 5.60 Å². The maximum absolute atomic E-state index is 14.7. The molecule has 15 heteroatoms. The molecule has 2 N–H and O–H groups in total. The number of hydrogen-bond acceptors (Lipinski definition) is 7. The van der Waals surface area contributed by atoms with E-state index in [1.807, 2.05) is 0 Å². The molecule has 0 bridgehead atoms. The summed E-state index contributed by atoms with van der Waals surface area (Å²) in [5, 5.41) is 18.5. The van der Waals surface area contributed by atoms with Crippen LogP contribution in [0.3, 0.4) is 0 Å². The van der Waals surface area contributed by atoms with Crippen molar-refractivity contribution in [1.82, 2.24) is 20.1 Å². The molecule has 1 fully saturated rings. The number of pyridine rings is 1. The molecular formula is C31H28F6N4O5. The molecule has 2 aromatic heterocycles. The average Bonchev–Trinajstić information content (AvgIpc) is 3.68. The van der Waals surface area contributed by atoms with Crippen molar-refractivity contribution < 1.29 is 50.5 Å². The van der Waals surface area contributed by atoms with Crippen LogP contribution < -0.4 is 19.5 Å². The third kappa shape index (κ3) is 5.56. The van der Waals surface area contributed by atoms with E-state index in [9.17, 15) is 36.2 Å². The summed E-state index contributed by atoms with van der Waals surface area (Å²) < 4.78 is 101. The lowest BCUT2D eigenvalue weighted by Crippen LogP contribution is -2.51. The minimum atomic E-state index is -5.36. The maximum Gasteiger partial charge on any atom is 0.424 e. The van der Waals surface area contributed by atoms with Crippen LogP contribution in [0.1, 0.15) is 54.3 Å². The fourth-order valence-corrected chi connectivity index (χ4v) is 5.34. The van der Waals surface area contributed by atoms with Crippen LogP contribution in [0.25, 0.3) is 22.2 Å². The van der Waals surface area contributed by atoms with Gasteiger partial charge in [0.25, 0.3) is 5.91 Å². The van der Waals surface area contributed by atoms with Gasteiger partial charge < -0.3 is 24.6 Å². The molecule has 2 aliphatic rings. The van der Waals surface area contributed by atoms with Crippen LogP contribution in [0, 0.1) is 5.82 Å². The molecule has 1 amide bonds. The van der Waals surface area contributed by atoms with Gasteiger partial charge in [-0.2, -0.15) is 27.1 Å². The number of rotatable bonds is 9. The number of carbonyl (C=O) groups excluding carboxylic acids is 1. The van der Waals surface area contributed by atoms with Gasteiger partial charge in [-0.05, 0) is 49.2 Å². The minimum Gasteiger partial charge on any atom is -0.494 e. The van der Waals surface area contributed by atoms with Crippen molar-refractivity contribution in [2.24, 2.45) is 0 Å². The summed E-state index contributed by atoms with van der Waals surface area (Å²) in [6, 6.07) is 6.83. The molecule has 244 valence electrons. The van der Waals surface area contributed by atoms with Crippen molar-refractivity contribution in [2.45, 2.75) is 56.5 Å². The molecular weight excluding hydrogens is 622 g/mol. The lowest BCUT2D eigenvalue weighted by molar-refractivity contribution is -0.265. The van der Waals surface area contributed by atoms with Gasteiger partial charge >= 0.3 is 12.8 Å². The minimum absolute atomic E-state index is 0.0187. The van der Waals surface area contributed by atoms with Crippen LogP contribution in [-0.4, -0.2) is 58.8 Å². The van der Waals surface area contributed by atoms with Crippen molar-refractivity contribution in [3.05, 3.63) is 65.2 Å². The number of alkyl halides is 5. The van der Waals surface area contributed by atoms with Crippen molar-refractivity contribution in [1.29, 1.82) is 0 Å². The van der Waals surface area contributed by atoms with Crippen LogP contribution in [-0.2, 0) is 11.0 Å². The van der Waals surface area contributed by atoms with E-state index in [1.54, 1.807) is 24.7 Å². The third-order valence-corrected chi connectivity index (χ3v) is 8.09. The number of ether oxygens (including phenoxy) is 3. The second kappa shape index (κ2) is 11.1. The fourth-order valence-electron chi connectivity index (χ4n) is 5.34. The summed E-state index contributed by atoms with van der Waals surface area (Å²) in [5.41, 5.74) is -5.17. The van der Waals surface area contributed by atoms with Gasteiger partial charge in [-0.25, -0.2) is 9.37 Å². The van der Waals surface area contributed by atoms with Crippen LogP contribution >= 0.6 is 0 Å².